The summed E-state index contributed by atoms with van der Waals surface area (Å²) in [4.78, 5) is 48.0. The molecule has 2 aromatic rings. The van der Waals surface area contributed by atoms with E-state index in [9.17, 15) is 19.2 Å². The molecule has 0 radical (unpaired) electrons. The van der Waals surface area contributed by atoms with Gasteiger partial charge in [0.2, 0.25) is 0 Å². The van der Waals surface area contributed by atoms with Gasteiger partial charge in [-0.05, 0) is 34.2 Å². The Balaban J connectivity index is 1.76. The first kappa shape index (κ1) is 29.6. The lowest BCUT2D eigenvalue weighted by atomic mass is 9.88. The molecule has 0 amide bonds. The van der Waals surface area contributed by atoms with Crippen LogP contribution in [0, 0.1) is 0 Å². The van der Waals surface area contributed by atoms with Crippen LogP contribution in [0.4, 0.5) is 0 Å². The molecule has 2 heterocycles. The Bertz CT molecular complexity index is 1260. The number of esters is 4. The number of fused-ring (bicyclic) bond motifs is 1. The molecule has 40 heavy (non-hydrogen) atoms. The number of hydrogen-bond donors (Lipinski definition) is 0. The zero-order chi connectivity index (χ0) is 29.0. The second-order valence-corrected chi connectivity index (χ2v) is 11.0. The van der Waals surface area contributed by atoms with Crippen LogP contribution in [0.15, 0.2) is 42.5 Å². The van der Waals surface area contributed by atoms with E-state index in [1.165, 1.54) is 44.4 Å². The van der Waals surface area contributed by atoms with E-state index < -0.39 is 54.4 Å². The van der Waals surface area contributed by atoms with Crippen LogP contribution in [-0.2, 0) is 55.0 Å². The van der Waals surface area contributed by atoms with Crippen molar-refractivity contribution in [1.82, 2.24) is 0 Å². The standard InChI is InChI=1S/C30H34O9S/c1-6-20-7-9-21(10-8-20)30-24-13-22(11-12-23(24)15-40-30)26-28(37-18(4)33)29(38-19(5)34)27(36-17(3)32)25(39-26)14-35-16(2)31/h7-13,25-30H,6,14-15H2,1-5H3/t25?,26?,27?,28?,29?,30-/m0/s1. The van der Waals surface area contributed by atoms with Gasteiger partial charge in [-0.25, -0.2) is 0 Å². The van der Waals surface area contributed by atoms with Gasteiger partial charge in [0.1, 0.15) is 18.8 Å². The molecular formula is C30H34O9S. The van der Waals surface area contributed by atoms with E-state index in [0.717, 1.165) is 17.7 Å². The van der Waals surface area contributed by atoms with E-state index in [1.54, 1.807) is 0 Å². The topological polar surface area (TPSA) is 114 Å². The average molecular weight is 571 g/mol. The lowest BCUT2D eigenvalue weighted by Crippen LogP contribution is -2.59. The molecule has 1 saturated heterocycles. The number of carbonyl (C=O) groups excluding carboxylic acids is 4. The van der Waals surface area contributed by atoms with E-state index >= 15 is 0 Å². The van der Waals surface area contributed by atoms with E-state index in [-0.39, 0.29) is 11.9 Å². The Kier molecular flexibility index (Phi) is 9.52. The maximum atomic E-state index is 12.2. The maximum absolute atomic E-state index is 12.2. The smallest absolute Gasteiger partial charge is 0.303 e. The molecule has 0 spiro atoms. The van der Waals surface area contributed by atoms with Crippen LogP contribution in [0.3, 0.4) is 0 Å². The van der Waals surface area contributed by atoms with E-state index in [0.29, 0.717) is 5.56 Å². The van der Waals surface area contributed by atoms with Crippen molar-refractivity contribution in [2.24, 2.45) is 0 Å². The summed E-state index contributed by atoms with van der Waals surface area (Å²) < 4.78 is 28.3. The second-order valence-electron chi connectivity index (χ2n) is 9.86. The van der Waals surface area contributed by atoms with Crippen molar-refractivity contribution < 1.29 is 42.9 Å². The Morgan fingerprint density at radius 2 is 1.40 bits per heavy atom. The molecule has 2 aliphatic rings. The molecule has 10 heteroatoms. The number of hydrogen-bond acceptors (Lipinski definition) is 10. The van der Waals surface area contributed by atoms with E-state index in [4.69, 9.17) is 23.7 Å². The minimum absolute atomic E-state index is 0.103. The van der Waals surface area contributed by atoms with Crippen LogP contribution in [0.25, 0.3) is 0 Å². The Morgan fingerprint density at radius 3 is 2.00 bits per heavy atom. The third kappa shape index (κ3) is 6.85. The summed E-state index contributed by atoms with van der Waals surface area (Å²) >= 11 is 1.82. The number of carbonyl (C=O) groups is 4. The molecule has 2 aliphatic heterocycles. The van der Waals surface area contributed by atoms with Gasteiger partial charge in [0.05, 0.1) is 5.25 Å². The molecule has 0 aliphatic carbocycles. The summed E-state index contributed by atoms with van der Waals surface area (Å²) in [6.45, 7) is 6.75. The molecule has 9 nitrogen and oxygen atoms in total. The molecule has 2 aromatic carbocycles. The molecule has 1 fully saturated rings. The number of aryl methyl sites for hydroxylation is 1. The minimum atomic E-state index is -1.20. The molecule has 0 aromatic heterocycles. The highest BCUT2D eigenvalue weighted by Gasteiger charge is 2.52. The van der Waals surface area contributed by atoms with Crippen LogP contribution >= 0.6 is 11.8 Å². The maximum Gasteiger partial charge on any atom is 0.303 e. The van der Waals surface area contributed by atoms with Crippen molar-refractivity contribution in [3.63, 3.8) is 0 Å². The molecular weight excluding hydrogens is 536 g/mol. The fourth-order valence-electron chi connectivity index (χ4n) is 5.13. The normalized spacial score (nSPS) is 25.4. The Hall–Kier alpha value is -3.37. The summed E-state index contributed by atoms with van der Waals surface area (Å²) in [5, 5.41) is 0.103. The van der Waals surface area contributed by atoms with Crippen LogP contribution in [0.5, 0.6) is 0 Å². The predicted octanol–water partition coefficient (Wildman–Crippen LogP) is 4.38. The lowest BCUT2D eigenvalue weighted by molar-refractivity contribution is -0.254. The monoisotopic (exact) mass is 570 g/mol. The number of thioether (sulfide) groups is 1. The number of rotatable bonds is 8. The van der Waals surface area contributed by atoms with Crippen molar-refractivity contribution >= 4 is 35.6 Å². The number of ether oxygens (including phenoxy) is 5. The zero-order valence-electron chi connectivity index (χ0n) is 23.2. The Morgan fingerprint density at radius 1 is 0.800 bits per heavy atom. The van der Waals surface area contributed by atoms with Gasteiger partial charge in [-0.1, -0.05) is 49.4 Å². The fourth-order valence-corrected chi connectivity index (χ4v) is 6.49. The third-order valence-electron chi connectivity index (χ3n) is 6.87. The summed E-state index contributed by atoms with van der Waals surface area (Å²) in [5.41, 5.74) is 5.43. The van der Waals surface area contributed by atoms with E-state index in [2.05, 4.69) is 31.2 Å². The summed E-state index contributed by atoms with van der Waals surface area (Å²) in [7, 11) is 0. The highest BCUT2D eigenvalue weighted by Crippen LogP contribution is 2.48. The van der Waals surface area contributed by atoms with Gasteiger partial charge in [-0.3, -0.25) is 19.2 Å². The fraction of sp³-hybridized carbons (Fsp3) is 0.467. The van der Waals surface area contributed by atoms with Crippen molar-refractivity contribution in [3.05, 3.63) is 70.3 Å². The van der Waals surface area contributed by atoms with Crippen molar-refractivity contribution in [2.75, 3.05) is 6.61 Å². The van der Waals surface area contributed by atoms with E-state index in [1.807, 2.05) is 30.0 Å². The summed E-state index contributed by atoms with van der Waals surface area (Å²) in [5.74, 6) is -1.66. The van der Waals surface area contributed by atoms with Gasteiger partial charge < -0.3 is 23.7 Å². The highest BCUT2D eigenvalue weighted by atomic mass is 32.2. The zero-order valence-corrected chi connectivity index (χ0v) is 24.0. The van der Waals surface area contributed by atoms with Crippen LogP contribution in [0.2, 0.25) is 0 Å². The van der Waals surface area contributed by atoms with Crippen LogP contribution < -0.4 is 0 Å². The van der Waals surface area contributed by atoms with Gasteiger partial charge in [0, 0.05) is 33.4 Å². The SMILES string of the molecule is CCc1ccc([C@@H]2SCc3ccc(C4OC(COC(C)=O)C(OC(C)=O)C(OC(C)=O)C4OC(C)=O)cc32)cc1. The van der Waals surface area contributed by atoms with Gasteiger partial charge in [-0.15, -0.1) is 11.8 Å². The first-order valence-electron chi connectivity index (χ1n) is 13.2. The largest absolute Gasteiger partial charge is 0.463 e. The molecule has 4 rings (SSSR count). The van der Waals surface area contributed by atoms with Crippen molar-refractivity contribution in [2.45, 2.75) is 82.6 Å². The molecule has 0 saturated carbocycles. The number of benzene rings is 2. The first-order valence-corrected chi connectivity index (χ1v) is 14.3. The van der Waals surface area contributed by atoms with Crippen LogP contribution in [0.1, 0.15) is 73.8 Å². The molecule has 214 valence electrons. The first-order chi connectivity index (χ1) is 19.1. The van der Waals surface area contributed by atoms with Crippen molar-refractivity contribution in [3.8, 4) is 0 Å². The summed E-state index contributed by atoms with van der Waals surface area (Å²) in [6, 6.07) is 14.5. The predicted molar refractivity (Wildman–Crippen MR) is 146 cm³/mol. The molecule has 0 bridgehead atoms. The molecule has 0 N–H and O–H groups in total. The second kappa shape index (κ2) is 12.9. The lowest BCUT2D eigenvalue weighted by Gasteiger charge is -2.44. The quantitative estimate of drug-likeness (QED) is 0.334. The molecule has 6 atom stereocenters. The van der Waals surface area contributed by atoms with Gasteiger partial charge in [-0.2, -0.15) is 0 Å². The van der Waals surface area contributed by atoms with Crippen molar-refractivity contribution in [1.29, 1.82) is 0 Å². The third-order valence-corrected chi connectivity index (χ3v) is 8.21. The van der Waals surface area contributed by atoms with Gasteiger partial charge >= 0.3 is 23.9 Å². The van der Waals surface area contributed by atoms with Gasteiger partial charge in [0.25, 0.3) is 0 Å². The Labute approximate surface area is 237 Å². The van der Waals surface area contributed by atoms with Crippen LogP contribution in [-0.4, -0.2) is 54.9 Å². The highest BCUT2D eigenvalue weighted by molar-refractivity contribution is 7.99. The average Bonchev–Trinajstić information content (AvgIpc) is 3.32. The van der Waals surface area contributed by atoms with Gasteiger partial charge in [0.15, 0.2) is 18.3 Å². The molecule has 5 unspecified atom stereocenters. The minimum Gasteiger partial charge on any atom is -0.463 e. The summed E-state index contributed by atoms with van der Waals surface area (Å²) in [6.07, 6.45) is -4.45.